The first kappa shape index (κ1) is 18.9. The summed E-state index contributed by atoms with van der Waals surface area (Å²) >= 11 is 1.87. The van der Waals surface area contributed by atoms with Crippen molar-refractivity contribution in [1.29, 1.82) is 0 Å². The topological polar surface area (TPSA) is 19.4 Å². The minimum atomic E-state index is 0.128. The molecule has 2 aliphatic heterocycles. The van der Waals surface area contributed by atoms with E-state index in [0.29, 0.717) is 5.92 Å². The van der Waals surface area contributed by atoms with Gasteiger partial charge in [-0.15, -0.1) is 17.9 Å². The number of fused-ring (bicyclic) bond motifs is 9. The van der Waals surface area contributed by atoms with E-state index in [1.54, 1.807) is 0 Å². The molecule has 5 aromatic rings. The Morgan fingerprint density at radius 3 is 2.48 bits per heavy atom. The van der Waals surface area contributed by atoms with E-state index in [9.17, 15) is 0 Å². The second-order valence-corrected chi connectivity index (χ2v) is 9.99. The van der Waals surface area contributed by atoms with E-state index in [1.165, 1.54) is 42.8 Å². The molecular formula is C29H23N3S. The van der Waals surface area contributed by atoms with Crippen molar-refractivity contribution in [2.24, 2.45) is 5.92 Å². The fourth-order valence-corrected chi connectivity index (χ4v) is 7.03. The van der Waals surface area contributed by atoms with Crippen LogP contribution in [0.2, 0.25) is 0 Å². The molecule has 160 valence electrons. The van der Waals surface area contributed by atoms with Gasteiger partial charge in [0.05, 0.1) is 4.70 Å². The first-order valence-electron chi connectivity index (χ1n) is 11.4. The van der Waals surface area contributed by atoms with Gasteiger partial charge in [0, 0.05) is 44.9 Å². The summed E-state index contributed by atoms with van der Waals surface area (Å²) < 4.78 is 2.61. The minimum absolute atomic E-state index is 0.128. The summed E-state index contributed by atoms with van der Waals surface area (Å²) in [5.41, 5.74) is 4.98. The summed E-state index contributed by atoms with van der Waals surface area (Å²) in [5, 5.41) is 2.51. The molecule has 0 aliphatic carbocycles. The van der Waals surface area contributed by atoms with Crippen LogP contribution in [0.15, 0.2) is 97.7 Å². The maximum atomic E-state index is 5.12. The van der Waals surface area contributed by atoms with E-state index in [-0.39, 0.29) is 12.1 Å². The average molecular weight is 446 g/mol. The highest BCUT2D eigenvalue weighted by Gasteiger charge is 2.49. The molecule has 0 saturated heterocycles. The molecule has 33 heavy (non-hydrogen) atoms. The van der Waals surface area contributed by atoms with E-state index in [2.05, 4.69) is 114 Å². The van der Waals surface area contributed by atoms with E-state index >= 15 is 0 Å². The van der Waals surface area contributed by atoms with Gasteiger partial charge in [-0.2, -0.15) is 0 Å². The lowest BCUT2D eigenvalue weighted by Gasteiger charge is -2.44. The Labute approximate surface area is 197 Å². The fraction of sp³-hybridized carbons (Fsp3) is 0.138. The molecule has 2 aromatic heterocycles. The normalized spacial score (nSPS) is 21.2. The second kappa shape index (κ2) is 6.93. The Morgan fingerprint density at radius 2 is 1.64 bits per heavy atom. The summed E-state index contributed by atoms with van der Waals surface area (Å²) in [7, 11) is 0. The summed E-state index contributed by atoms with van der Waals surface area (Å²) in [6, 6.07) is 28.2. The van der Waals surface area contributed by atoms with E-state index in [0.717, 1.165) is 5.82 Å². The number of benzene rings is 3. The van der Waals surface area contributed by atoms with Crippen LogP contribution in [0.5, 0.6) is 0 Å². The van der Waals surface area contributed by atoms with Gasteiger partial charge in [0.1, 0.15) is 11.9 Å². The van der Waals surface area contributed by atoms with Gasteiger partial charge in [-0.25, -0.2) is 4.98 Å². The first-order valence-corrected chi connectivity index (χ1v) is 12.2. The van der Waals surface area contributed by atoms with E-state index in [1.807, 2.05) is 11.3 Å². The molecule has 4 heteroatoms. The lowest BCUT2D eigenvalue weighted by molar-refractivity contribution is 0.409. The van der Waals surface area contributed by atoms with Crippen molar-refractivity contribution in [2.45, 2.75) is 19.0 Å². The van der Waals surface area contributed by atoms with Crippen LogP contribution in [0.25, 0.3) is 20.2 Å². The zero-order chi connectivity index (χ0) is 22.1. The predicted molar refractivity (Wildman–Crippen MR) is 140 cm³/mol. The molecule has 3 aromatic carbocycles. The molecule has 0 radical (unpaired) electrons. The third kappa shape index (κ3) is 2.47. The minimum Gasteiger partial charge on any atom is -0.315 e. The molecule has 0 amide bonds. The molecule has 0 spiro atoms. The number of thiophene rings is 1. The summed E-state index contributed by atoms with van der Waals surface area (Å²) in [6.45, 7) is 6.57. The monoisotopic (exact) mass is 445 g/mol. The zero-order valence-corrected chi connectivity index (χ0v) is 19.2. The lowest BCUT2D eigenvalue weighted by Crippen LogP contribution is -2.48. The van der Waals surface area contributed by atoms with Crippen molar-refractivity contribution in [3.63, 3.8) is 0 Å². The van der Waals surface area contributed by atoms with Gasteiger partial charge in [-0.1, -0.05) is 67.6 Å². The summed E-state index contributed by atoms with van der Waals surface area (Å²) in [4.78, 5) is 10.1. The molecule has 4 heterocycles. The first-order chi connectivity index (χ1) is 16.3. The van der Waals surface area contributed by atoms with Gasteiger partial charge in [-0.05, 0) is 29.8 Å². The number of rotatable bonds is 2. The summed E-state index contributed by atoms with van der Waals surface area (Å²) in [6.07, 6.45) is 4.32. The van der Waals surface area contributed by atoms with Gasteiger partial charge < -0.3 is 9.80 Å². The van der Waals surface area contributed by atoms with Crippen LogP contribution in [0.1, 0.15) is 18.4 Å². The number of para-hydroxylation sites is 2. The lowest BCUT2D eigenvalue weighted by atomic mass is 9.80. The SMILES string of the molecule is C=CC1c2ccccc2N2c3ncc4c(sc5ccccc54)c3N(c3ccccc3)C2C1C. The van der Waals surface area contributed by atoms with Gasteiger partial charge in [0.2, 0.25) is 0 Å². The molecule has 0 fully saturated rings. The van der Waals surface area contributed by atoms with Gasteiger partial charge in [-0.3, -0.25) is 0 Å². The van der Waals surface area contributed by atoms with Crippen LogP contribution >= 0.6 is 11.3 Å². The van der Waals surface area contributed by atoms with Crippen LogP contribution in [-0.4, -0.2) is 11.1 Å². The predicted octanol–water partition coefficient (Wildman–Crippen LogP) is 7.98. The van der Waals surface area contributed by atoms with Crippen LogP contribution in [-0.2, 0) is 0 Å². The number of hydrogen-bond acceptors (Lipinski definition) is 4. The Bertz CT molecular complexity index is 1540. The Morgan fingerprint density at radius 1 is 0.879 bits per heavy atom. The van der Waals surface area contributed by atoms with Gasteiger partial charge in [0.15, 0.2) is 5.82 Å². The maximum Gasteiger partial charge on any atom is 0.160 e. The quantitative estimate of drug-likeness (QED) is 0.257. The standard InChI is InChI=1S/C29H23N3S/c1-3-20-18(2)29-31(19-11-5-4-6-12-19)26-27-23(22-14-8-10-16-25(22)33-27)17-30-28(26)32(29)24-15-9-7-13-21(20)24/h3-18,20,29H,1H2,2H3. The Balaban J connectivity index is 1.59. The number of nitrogens with zero attached hydrogens (tertiary/aromatic N) is 3. The molecule has 0 saturated carbocycles. The highest BCUT2D eigenvalue weighted by molar-refractivity contribution is 7.26. The number of hydrogen-bond donors (Lipinski definition) is 0. The molecule has 3 atom stereocenters. The molecule has 3 unspecified atom stereocenters. The third-order valence-corrected chi connectivity index (χ3v) is 8.45. The number of allylic oxidation sites excluding steroid dienone is 1. The zero-order valence-electron chi connectivity index (χ0n) is 18.3. The van der Waals surface area contributed by atoms with Crippen LogP contribution < -0.4 is 9.80 Å². The van der Waals surface area contributed by atoms with Crippen molar-refractivity contribution in [3.05, 3.63) is 103 Å². The van der Waals surface area contributed by atoms with Crippen molar-refractivity contribution >= 4 is 54.4 Å². The van der Waals surface area contributed by atoms with Crippen LogP contribution in [0.3, 0.4) is 0 Å². The average Bonchev–Trinajstić information content (AvgIpc) is 3.41. The molecule has 0 bridgehead atoms. The number of aromatic nitrogens is 1. The van der Waals surface area contributed by atoms with Crippen molar-refractivity contribution in [1.82, 2.24) is 4.98 Å². The molecule has 0 N–H and O–H groups in total. The third-order valence-electron chi connectivity index (χ3n) is 7.26. The summed E-state index contributed by atoms with van der Waals surface area (Å²) in [5.74, 6) is 1.65. The van der Waals surface area contributed by atoms with E-state index in [4.69, 9.17) is 4.98 Å². The van der Waals surface area contributed by atoms with Crippen molar-refractivity contribution in [2.75, 3.05) is 9.80 Å². The molecule has 7 rings (SSSR count). The number of pyridine rings is 1. The highest BCUT2D eigenvalue weighted by atomic mass is 32.1. The maximum absolute atomic E-state index is 5.12. The highest BCUT2D eigenvalue weighted by Crippen LogP contribution is 2.58. The van der Waals surface area contributed by atoms with E-state index < -0.39 is 0 Å². The van der Waals surface area contributed by atoms with Crippen LogP contribution in [0, 0.1) is 5.92 Å². The van der Waals surface area contributed by atoms with Crippen LogP contribution in [0.4, 0.5) is 22.9 Å². The molecule has 2 aliphatic rings. The van der Waals surface area contributed by atoms with Crippen molar-refractivity contribution < 1.29 is 0 Å². The second-order valence-electron chi connectivity index (χ2n) is 8.94. The number of anilines is 4. The fourth-order valence-electron chi connectivity index (χ4n) is 5.82. The van der Waals surface area contributed by atoms with Gasteiger partial charge >= 0.3 is 0 Å². The Kier molecular flexibility index (Phi) is 3.97. The van der Waals surface area contributed by atoms with Gasteiger partial charge in [0.25, 0.3) is 0 Å². The molecule has 3 nitrogen and oxygen atoms in total. The smallest absolute Gasteiger partial charge is 0.160 e. The molecular weight excluding hydrogens is 422 g/mol. The largest absolute Gasteiger partial charge is 0.315 e. The Hall–Kier alpha value is -3.63. The van der Waals surface area contributed by atoms with Crippen molar-refractivity contribution in [3.8, 4) is 0 Å².